The second-order valence-corrected chi connectivity index (χ2v) is 4.50. The van der Waals surface area contributed by atoms with Crippen LogP contribution in [0.25, 0.3) is 0 Å². The van der Waals surface area contributed by atoms with Gasteiger partial charge in [-0.2, -0.15) is 0 Å². The summed E-state index contributed by atoms with van der Waals surface area (Å²) < 4.78 is 0. The number of likely N-dealkylation sites (N-methyl/N-ethyl adjacent to an activating group) is 1. The van der Waals surface area contributed by atoms with Gasteiger partial charge >= 0.3 is 0 Å². The predicted octanol–water partition coefficient (Wildman–Crippen LogP) is 2.25. The van der Waals surface area contributed by atoms with Crippen LogP contribution in [0.4, 0.5) is 0 Å². The Kier molecular flexibility index (Phi) is 5.49. The van der Waals surface area contributed by atoms with Crippen LogP contribution >= 0.6 is 0 Å². The fourth-order valence-electron chi connectivity index (χ4n) is 2.11. The predicted molar refractivity (Wildman–Crippen MR) is 62.6 cm³/mol. The molecule has 1 atom stereocenters. The largest absolute Gasteiger partial charge is 0.316 e. The van der Waals surface area contributed by atoms with Crippen molar-refractivity contribution < 1.29 is 0 Å². The average molecular weight is 198 g/mol. The molecule has 2 nitrogen and oxygen atoms in total. The molecule has 0 heterocycles. The molecule has 1 rings (SSSR count). The molecule has 14 heavy (non-hydrogen) atoms. The van der Waals surface area contributed by atoms with Gasteiger partial charge in [0, 0.05) is 18.6 Å². The maximum Gasteiger partial charge on any atom is 0.0192 e. The van der Waals surface area contributed by atoms with E-state index in [4.69, 9.17) is 0 Å². The molecule has 0 aliphatic heterocycles. The first-order valence-electron chi connectivity index (χ1n) is 6.23. The maximum atomic E-state index is 3.43. The Labute approximate surface area is 89.1 Å². The van der Waals surface area contributed by atoms with E-state index in [0.29, 0.717) is 6.04 Å². The fourth-order valence-corrected chi connectivity index (χ4v) is 2.11. The summed E-state index contributed by atoms with van der Waals surface area (Å²) in [5.74, 6) is 0. The summed E-state index contributed by atoms with van der Waals surface area (Å²) in [5, 5.41) is 3.43. The molecule has 0 bridgehead atoms. The van der Waals surface area contributed by atoms with E-state index in [9.17, 15) is 0 Å². The lowest BCUT2D eigenvalue weighted by Crippen LogP contribution is -2.40. The number of nitrogens with one attached hydrogen (secondary N) is 1. The van der Waals surface area contributed by atoms with Crippen LogP contribution in [0, 0.1) is 0 Å². The Hall–Kier alpha value is -0.0800. The molecule has 0 aromatic rings. The SMILES string of the molecule is CCCC(CN(CCC)C1CC1)NC. The monoisotopic (exact) mass is 198 g/mol. The average Bonchev–Trinajstić information content (AvgIpc) is 2.99. The second kappa shape index (κ2) is 6.41. The van der Waals surface area contributed by atoms with Crippen LogP contribution in [0.2, 0.25) is 0 Å². The third-order valence-corrected chi connectivity index (χ3v) is 3.07. The lowest BCUT2D eigenvalue weighted by Gasteiger charge is -2.26. The zero-order chi connectivity index (χ0) is 10.4. The maximum absolute atomic E-state index is 3.43. The van der Waals surface area contributed by atoms with Gasteiger partial charge in [0.05, 0.1) is 0 Å². The number of rotatable bonds is 8. The molecule has 1 aliphatic carbocycles. The first kappa shape index (κ1) is 12.0. The third-order valence-electron chi connectivity index (χ3n) is 3.07. The summed E-state index contributed by atoms with van der Waals surface area (Å²) in [6, 6.07) is 1.62. The van der Waals surface area contributed by atoms with Crippen molar-refractivity contribution in [1.29, 1.82) is 0 Å². The molecule has 0 saturated heterocycles. The number of nitrogens with zero attached hydrogens (tertiary/aromatic N) is 1. The lowest BCUT2D eigenvalue weighted by molar-refractivity contribution is 0.231. The van der Waals surface area contributed by atoms with Gasteiger partial charge in [-0.05, 0) is 39.3 Å². The molecular weight excluding hydrogens is 172 g/mol. The zero-order valence-corrected chi connectivity index (χ0v) is 10.1. The minimum atomic E-state index is 0.701. The summed E-state index contributed by atoms with van der Waals surface area (Å²) in [6.07, 6.45) is 6.75. The Morgan fingerprint density at radius 3 is 2.43 bits per heavy atom. The summed E-state index contributed by atoms with van der Waals surface area (Å²) in [5.41, 5.74) is 0. The van der Waals surface area contributed by atoms with Gasteiger partial charge in [-0.25, -0.2) is 0 Å². The van der Waals surface area contributed by atoms with Crippen LogP contribution in [0.3, 0.4) is 0 Å². The van der Waals surface area contributed by atoms with E-state index in [0.717, 1.165) is 6.04 Å². The van der Waals surface area contributed by atoms with Crippen LogP contribution in [0.15, 0.2) is 0 Å². The molecule has 0 amide bonds. The van der Waals surface area contributed by atoms with Crippen molar-refractivity contribution in [2.75, 3.05) is 20.1 Å². The van der Waals surface area contributed by atoms with Gasteiger partial charge in [0.15, 0.2) is 0 Å². The van der Waals surface area contributed by atoms with Gasteiger partial charge in [0.1, 0.15) is 0 Å². The molecule has 1 unspecified atom stereocenters. The number of hydrogen-bond donors (Lipinski definition) is 1. The standard InChI is InChI=1S/C12H26N2/c1-4-6-11(13-3)10-14(9-5-2)12-7-8-12/h11-13H,4-10H2,1-3H3. The van der Waals surface area contributed by atoms with E-state index >= 15 is 0 Å². The Balaban J connectivity index is 2.27. The van der Waals surface area contributed by atoms with Gasteiger partial charge in [0.2, 0.25) is 0 Å². The molecule has 84 valence electrons. The van der Waals surface area contributed by atoms with Crippen molar-refractivity contribution in [3.05, 3.63) is 0 Å². The Morgan fingerprint density at radius 1 is 1.29 bits per heavy atom. The van der Waals surface area contributed by atoms with E-state index in [-0.39, 0.29) is 0 Å². The van der Waals surface area contributed by atoms with E-state index in [2.05, 4.69) is 31.1 Å². The molecular formula is C12H26N2. The van der Waals surface area contributed by atoms with Crippen molar-refractivity contribution in [1.82, 2.24) is 10.2 Å². The highest BCUT2D eigenvalue weighted by Crippen LogP contribution is 2.27. The highest BCUT2D eigenvalue weighted by atomic mass is 15.2. The second-order valence-electron chi connectivity index (χ2n) is 4.50. The van der Waals surface area contributed by atoms with Crippen molar-refractivity contribution >= 4 is 0 Å². The third kappa shape index (κ3) is 3.97. The van der Waals surface area contributed by atoms with E-state index in [1.807, 2.05) is 0 Å². The minimum absolute atomic E-state index is 0.701. The van der Waals surface area contributed by atoms with Crippen molar-refractivity contribution in [2.24, 2.45) is 0 Å². The molecule has 1 N–H and O–H groups in total. The number of hydrogen-bond acceptors (Lipinski definition) is 2. The van der Waals surface area contributed by atoms with Crippen LogP contribution in [-0.4, -0.2) is 37.1 Å². The first-order chi connectivity index (χ1) is 6.81. The van der Waals surface area contributed by atoms with Crippen LogP contribution in [0.1, 0.15) is 46.0 Å². The Bertz CT molecular complexity index is 143. The minimum Gasteiger partial charge on any atom is -0.316 e. The van der Waals surface area contributed by atoms with Crippen LogP contribution in [-0.2, 0) is 0 Å². The smallest absolute Gasteiger partial charge is 0.0192 e. The summed E-state index contributed by atoms with van der Waals surface area (Å²) in [6.45, 7) is 7.09. The van der Waals surface area contributed by atoms with Crippen LogP contribution in [0.5, 0.6) is 0 Å². The topological polar surface area (TPSA) is 15.3 Å². The molecule has 1 aliphatic rings. The summed E-state index contributed by atoms with van der Waals surface area (Å²) in [4.78, 5) is 2.68. The van der Waals surface area contributed by atoms with Gasteiger partial charge in [0.25, 0.3) is 0 Å². The molecule has 2 heteroatoms. The van der Waals surface area contributed by atoms with Gasteiger partial charge in [-0.1, -0.05) is 20.3 Å². The van der Waals surface area contributed by atoms with E-state index in [1.165, 1.54) is 45.2 Å². The van der Waals surface area contributed by atoms with Crippen molar-refractivity contribution in [3.8, 4) is 0 Å². The van der Waals surface area contributed by atoms with Crippen molar-refractivity contribution in [2.45, 2.75) is 58.0 Å². The molecule has 0 aromatic carbocycles. The highest BCUT2D eigenvalue weighted by Gasteiger charge is 2.29. The molecule has 0 radical (unpaired) electrons. The Morgan fingerprint density at radius 2 is 2.00 bits per heavy atom. The highest BCUT2D eigenvalue weighted by molar-refractivity contribution is 4.86. The van der Waals surface area contributed by atoms with Crippen molar-refractivity contribution in [3.63, 3.8) is 0 Å². The lowest BCUT2D eigenvalue weighted by atomic mass is 10.1. The zero-order valence-electron chi connectivity index (χ0n) is 10.1. The summed E-state index contributed by atoms with van der Waals surface area (Å²) >= 11 is 0. The van der Waals surface area contributed by atoms with Gasteiger partial charge in [-0.3, -0.25) is 4.90 Å². The van der Waals surface area contributed by atoms with E-state index in [1.54, 1.807) is 0 Å². The van der Waals surface area contributed by atoms with E-state index < -0.39 is 0 Å². The molecule has 1 fully saturated rings. The molecule has 0 spiro atoms. The van der Waals surface area contributed by atoms with Gasteiger partial charge in [-0.15, -0.1) is 0 Å². The summed E-state index contributed by atoms with van der Waals surface area (Å²) in [7, 11) is 2.09. The van der Waals surface area contributed by atoms with Crippen LogP contribution < -0.4 is 5.32 Å². The first-order valence-corrected chi connectivity index (χ1v) is 6.23. The molecule has 1 saturated carbocycles. The normalized spacial score (nSPS) is 18.9. The van der Waals surface area contributed by atoms with Gasteiger partial charge < -0.3 is 5.32 Å². The quantitative estimate of drug-likeness (QED) is 0.643. The fraction of sp³-hybridized carbons (Fsp3) is 1.00. The molecule has 0 aromatic heterocycles.